The van der Waals surface area contributed by atoms with Gasteiger partial charge in [-0.2, -0.15) is 0 Å². The summed E-state index contributed by atoms with van der Waals surface area (Å²) < 4.78 is 15.9. The first kappa shape index (κ1) is 18.8. The van der Waals surface area contributed by atoms with Crippen LogP contribution in [0.25, 0.3) is 0 Å². The number of hydrogen-bond donors (Lipinski definition) is 1. The summed E-state index contributed by atoms with van der Waals surface area (Å²) in [5.74, 6) is 1.17. The number of benzene rings is 1. The van der Waals surface area contributed by atoms with E-state index in [1.165, 1.54) is 14.2 Å². The maximum absolute atomic E-state index is 12.7. The molecule has 6 nitrogen and oxygen atoms in total. The first-order valence-corrected chi connectivity index (χ1v) is 8.36. The third-order valence-corrected chi connectivity index (χ3v) is 5.00. The van der Waals surface area contributed by atoms with Crippen LogP contribution < -0.4 is 14.8 Å². The van der Waals surface area contributed by atoms with E-state index in [0.717, 1.165) is 12.1 Å². The predicted molar refractivity (Wildman–Crippen MR) is 96.5 cm³/mol. The lowest BCUT2D eigenvalue weighted by Gasteiger charge is -2.29. The van der Waals surface area contributed by atoms with Crippen molar-refractivity contribution in [1.82, 2.24) is 5.16 Å². The molecule has 0 aliphatic heterocycles. The maximum Gasteiger partial charge on any atom is 0.265 e. The second-order valence-corrected chi connectivity index (χ2v) is 6.49. The van der Waals surface area contributed by atoms with Crippen molar-refractivity contribution in [1.29, 1.82) is 0 Å². The Balaban J connectivity index is 2.29. The lowest BCUT2D eigenvalue weighted by molar-refractivity contribution is 0.101. The molecule has 0 fully saturated rings. The van der Waals surface area contributed by atoms with Gasteiger partial charge in [0.2, 0.25) is 5.88 Å². The lowest BCUT2D eigenvalue weighted by atomic mass is 9.74. The molecule has 1 aromatic heterocycles. The minimum Gasteiger partial charge on any atom is -0.496 e. The number of anilines is 1. The summed E-state index contributed by atoms with van der Waals surface area (Å²) >= 11 is 0. The van der Waals surface area contributed by atoms with Crippen LogP contribution in [0.15, 0.2) is 28.8 Å². The van der Waals surface area contributed by atoms with Crippen LogP contribution in [0.1, 0.15) is 50.2 Å². The number of carbonyl (C=O) groups is 1. The van der Waals surface area contributed by atoms with Crippen molar-refractivity contribution < 1.29 is 18.8 Å². The summed E-state index contributed by atoms with van der Waals surface area (Å²) in [7, 11) is 3.01. The van der Waals surface area contributed by atoms with E-state index in [1.807, 2.05) is 0 Å². The zero-order valence-electron chi connectivity index (χ0n) is 15.7. The SMILES string of the molecule is CCC(C)(c1cc(NC(=O)c2c(OC)cccc2OC)on1)C(C)C. The summed E-state index contributed by atoms with van der Waals surface area (Å²) in [5, 5.41) is 6.90. The van der Waals surface area contributed by atoms with E-state index in [1.54, 1.807) is 24.3 Å². The molecule has 0 aliphatic rings. The molecule has 1 aromatic carbocycles. The fourth-order valence-electron chi connectivity index (χ4n) is 2.74. The van der Waals surface area contributed by atoms with Crippen LogP contribution in [-0.4, -0.2) is 25.3 Å². The monoisotopic (exact) mass is 346 g/mol. The second kappa shape index (κ2) is 7.59. The average Bonchev–Trinajstić information content (AvgIpc) is 3.08. The van der Waals surface area contributed by atoms with E-state index < -0.39 is 0 Å². The molecule has 6 heteroatoms. The molecule has 2 rings (SSSR count). The van der Waals surface area contributed by atoms with Crippen molar-refractivity contribution in [2.75, 3.05) is 19.5 Å². The summed E-state index contributed by atoms with van der Waals surface area (Å²) in [4.78, 5) is 12.7. The van der Waals surface area contributed by atoms with Crippen molar-refractivity contribution in [2.24, 2.45) is 5.92 Å². The van der Waals surface area contributed by atoms with Gasteiger partial charge in [0.1, 0.15) is 17.1 Å². The van der Waals surface area contributed by atoms with Crippen molar-refractivity contribution in [2.45, 2.75) is 39.5 Å². The second-order valence-electron chi connectivity index (χ2n) is 6.49. The zero-order chi connectivity index (χ0) is 18.6. The number of nitrogens with zero attached hydrogens (tertiary/aromatic N) is 1. The highest BCUT2D eigenvalue weighted by Gasteiger charge is 2.32. The topological polar surface area (TPSA) is 73.6 Å². The van der Waals surface area contributed by atoms with Gasteiger partial charge >= 0.3 is 0 Å². The Hall–Kier alpha value is -2.50. The van der Waals surface area contributed by atoms with Gasteiger partial charge in [0.05, 0.1) is 19.9 Å². The van der Waals surface area contributed by atoms with Crippen LogP contribution in [0, 0.1) is 5.92 Å². The predicted octanol–water partition coefficient (Wildman–Crippen LogP) is 4.27. The number of rotatable bonds is 7. The molecule has 1 unspecified atom stereocenters. The van der Waals surface area contributed by atoms with Crippen LogP contribution >= 0.6 is 0 Å². The number of hydrogen-bond acceptors (Lipinski definition) is 5. The summed E-state index contributed by atoms with van der Waals surface area (Å²) in [5.41, 5.74) is 1.02. The smallest absolute Gasteiger partial charge is 0.265 e. The van der Waals surface area contributed by atoms with Gasteiger partial charge in [-0.05, 0) is 24.5 Å². The van der Waals surface area contributed by atoms with Gasteiger partial charge in [0, 0.05) is 11.5 Å². The Morgan fingerprint density at radius 2 is 1.88 bits per heavy atom. The number of ether oxygens (including phenoxy) is 2. The lowest BCUT2D eigenvalue weighted by Crippen LogP contribution is -2.28. The number of aromatic nitrogens is 1. The Bertz CT molecular complexity index is 717. The Labute approximate surface area is 148 Å². The van der Waals surface area contributed by atoms with Crippen molar-refractivity contribution in [3.63, 3.8) is 0 Å². The molecule has 1 amide bonds. The van der Waals surface area contributed by atoms with E-state index in [4.69, 9.17) is 14.0 Å². The third kappa shape index (κ3) is 3.62. The Morgan fingerprint density at radius 1 is 1.28 bits per heavy atom. The van der Waals surface area contributed by atoms with Crippen molar-refractivity contribution in [3.8, 4) is 11.5 Å². The third-order valence-electron chi connectivity index (χ3n) is 5.00. The van der Waals surface area contributed by atoms with Crippen LogP contribution in [0.5, 0.6) is 11.5 Å². The maximum atomic E-state index is 12.7. The largest absolute Gasteiger partial charge is 0.496 e. The number of carbonyl (C=O) groups excluding carboxylic acids is 1. The fraction of sp³-hybridized carbons (Fsp3) is 0.474. The molecule has 0 radical (unpaired) electrons. The van der Waals surface area contributed by atoms with Crippen LogP contribution in [0.2, 0.25) is 0 Å². The first-order chi connectivity index (χ1) is 11.9. The van der Waals surface area contributed by atoms with Gasteiger partial charge in [0.25, 0.3) is 5.91 Å². The molecule has 1 atom stereocenters. The number of methoxy groups -OCH3 is 2. The first-order valence-electron chi connectivity index (χ1n) is 8.36. The van der Waals surface area contributed by atoms with Crippen LogP contribution in [-0.2, 0) is 5.41 Å². The zero-order valence-corrected chi connectivity index (χ0v) is 15.7. The average molecular weight is 346 g/mol. The van der Waals surface area contributed by atoms with Gasteiger partial charge in [-0.1, -0.05) is 38.9 Å². The highest BCUT2D eigenvalue weighted by molar-refractivity contribution is 6.07. The highest BCUT2D eigenvalue weighted by atomic mass is 16.5. The van der Waals surface area contributed by atoms with Crippen LogP contribution in [0.3, 0.4) is 0 Å². The molecule has 0 spiro atoms. The van der Waals surface area contributed by atoms with Gasteiger partial charge in [-0.3, -0.25) is 10.1 Å². The Morgan fingerprint density at radius 3 is 2.36 bits per heavy atom. The molecule has 0 bridgehead atoms. The quantitative estimate of drug-likeness (QED) is 0.810. The summed E-state index contributed by atoms with van der Waals surface area (Å²) in [6, 6.07) is 6.95. The molecule has 0 saturated carbocycles. The molecule has 1 heterocycles. The van der Waals surface area contributed by atoms with E-state index >= 15 is 0 Å². The molecule has 1 N–H and O–H groups in total. The summed E-state index contributed by atoms with van der Waals surface area (Å²) in [6.45, 7) is 8.56. The van der Waals surface area contributed by atoms with E-state index in [9.17, 15) is 4.79 Å². The van der Waals surface area contributed by atoms with Crippen LogP contribution in [0.4, 0.5) is 5.88 Å². The molecular formula is C19H26N2O4. The highest BCUT2D eigenvalue weighted by Crippen LogP contribution is 2.36. The van der Waals surface area contributed by atoms with Gasteiger partial charge in [0.15, 0.2) is 0 Å². The van der Waals surface area contributed by atoms with Crippen molar-refractivity contribution >= 4 is 11.8 Å². The van der Waals surface area contributed by atoms with E-state index in [2.05, 4.69) is 38.2 Å². The summed E-state index contributed by atoms with van der Waals surface area (Å²) in [6.07, 6.45) is 0.922. The molecule has 0 saturated heterocycles. The normalized spacial score (nSPS) is 13.4. The standard InChI is InChI=1S/C19H26N2O4/c1-7-19(4,12(2)3)15-11-16(25-21-15)20-18(22)17-13(23-5)9-8-10-14(17)24-6/h8-12H,7H2,1-6H3,(H,20,22). The minimum atomic E-state index is -0.375. The Kier molecular flexibility index (Phi) is 5.72. The fourth-order valence-corrected chi connectivity index (χ4v) is 2.74. The molecule has 0 aliphatic carbocycles. The number of nitrogens with one attached hydrogen (secondary N) is 1. The molecule has 2 aromatic rings. The van der Waals surface area contributed by atoms with E-state index in [-0.39, 0.29) is 11.3 Å². The minimum absolute atomic E-state index is 0.116. The van der Waals surface area contributed by atoms with Gasteiger partial charge in [-0.25, -0.2) is 0 Å². The molecule has 136 valence electrons. The van der Waals surface area contributed by atoms with Crippen molar-refractivity contribution in [3.05, 3.63) is 35.5 Å². The van der Waals surface area contributed by atoms with Gasteiger partial charge in [-0.15, -0.1) is 0 Å². The number of amides is 1. The van der Waals surface area contributed by atoms with Gasteiger partial charge < -0.3 is 14.0 Å². The van der Waals surface area contributed by atoms with E-state index in [0.29, 0.717) is 28.9 Å². The molecule has 25 heavy (non-hydrogen) atoms. The molecular weight excluding hydrogens is 320 g/mol.